The molecule has 3 aromatic rings. The molecular weight excluding hydrogens is 432 g/mol. The molecule has 170 valence electrons. The van der Waals surface area contributed by atoms with Gasteiger partial charge in [0.2, 0.25) is 5.89 Å². The van der Waals surface area contributed by atoms with Crippen LogP contribution in [0.1, 0.15) is 49.2 Å². The van der Waals surface area contributed by atoms with E-state index in [4.69, 9.17) is 14.9 Å². The average molecular weight is 459 g/mol. The number of nitrogens with one attached hydrogen (secondary N) is 2. The maximum Gasteiger partial charge on any atom is 0.348 e. The zero-order chi connectivity index (χ0) is 23.1. The molecule has 0 spiro atoms. The van der Waals surface area contributed by atoms with Crippen LogP contribution in [0.3, 0.4) is 0 Å². The Bertz CT molecular complexity index is 1140. The van der Waals surface area contributed by atoms with E-state index in [0.29, 0.717) is 21.9 Å². The Labute approximate surface area is 189 Å². The second kappa shape index (κ2) is 10.9. The molecule has 0 radical (unpaired) electrons. The molecule has 0 bridgehead atoms. The van der Waals surface area contributed by atoms with Gasteiger partial charge in [-0.25, -0.2) is 14.6 Å². The van der Waals surface area contributed by atoms with E-state index in [1.54, 1.807) is 6.92 Å². The minimum atomic E-state index is -0.938. The SMILES string of the molecule is CCCCNC(=O)Nc1sc2nc(C(N)CC(=O)OCc3ccccc3)oc(=O)c2c1C. The smallest absolute Gasteiger partial charge is 0.348 e. The summed E-state index contributed by atoms with van der Waals surface area (Å²) >= 11 is 1.15. The van der Waals surface area contributed by atoms with E-state index in [-0.39, 0.29) is 30.3 Å². The number of ether oxygens (including phenoxy) is 1. The van der Waals surface area contributed by atoms with E-state index in [1.807, 2.05) is 37.3 Å². The van der Waals surface area contributed by atoms with Crippen LogP contribution in [0.25, 0.3) is 10.2 Å². The summed E-state index contributed by atoms with van der Waals surface area (Å²) in [5.41, 5.74) is 6.85. The summed E-state index contributed by atoms with van der Waals surface area (Å²) in [5, 5.41) is 6.28. The number of aryl methyl sites for hydroxylation is 1. The van der Waals surface area contributed by atoms with Gasteiger partial charge >= 0.3 is 17.6 Å². The van der Waals surface area contributed by atoms with Crippen molar-refractivity contribution in [2.75, 3.05) is 11.9 Å². The first-order chi connectivity index (χ1) is 15.4. The van der Waals surface area contributed by atoms with Gasteiger partial charge in [-0.3, -0.25) is 10.1 Å². The Balaban J connectivity index is 1.68. The monoisotopic (exact) mass is 458 g/mol. The van der Waals surface area contributed by atoms with Gasteiger partial charge in [-0.2, -0.15) is 0 Å². The van der Waals surface area contributed by atoms with Gasteiger partial charge < -0.3 is 20.2 Å². The molecule has 32 heavy (non-hydrogen) atoms. The van der Waals surface area contributed by atoms with Gasteiger partial charge in [0.05, 0.1) is 12.5 Å². The predicted molar refractivity (Wildman–Crippen MR) is 123 cm³/mol. The number of esters is 1. The number of anilines is 1. The molecule has 4 N–H and O–H groups in total. The molecule has 1 atom stereocenters. The first kappa shape index (κ1) is 23.4. The minimum absolute atomic E-state index is 0.0561. The highest BCUT2D eigenvalue weighted by Crippen LogP contribution is 2.32. The van der Waals surface area contributed by atoms with Crippen molar-refractivity contribution in [2.24, 2.45) is 5.73 Å². The lowest BCUT2D eigenvalue weighted by Crippen LogP contribution is -2.29. The lowest BCUT2D eigenvalue weighted by molar-refractivity contribution is -0.145. The van der Waals surface area contributed by atoms with Crippen LogP contribution in [0.5, 0.6) is 0 Å². The number of nitrogens with two attached hydrogens (primary N) is 1. The molecule has 3 rings (SSSR count). The fraction of sp³-hybridized carbons (Fsp3) is 0.364. The van der Waals surface area contributed by atoms with E-state index in [1.165, 1.54) is 0 Å². The second-order valence-electron chi connectivity index (χ2n) is 7.27. The maximum atomic E-state index is 12.5. The summed E-state index contributed by atoms with van der Waals surface area (Å²) in [7, 11) is 0. The maximum absolute atomic E-state index is 12.5. The van der Waals surface area contributed by atoms with Crippen LogP contribution in [0, 0.1) is 6.92 Å². The van der Waals surface area contributed by atoms with Crippen molar-refractivity contribution in [2.45, 2.75) is 45.8 Å². The number of benzene rings is 1. The van der Waals surface area contributed by atoms with E-state index in [0.717, 1.165) is 29.7 Å². The Kier molecular flexibility index (Phi) is 7.96. The van der Waals surface area contributed by atoms with Crippen molar-refractivity contribution >= 4 is 38.6 Å². The van der Waals surface area contributed by atoms with E-state index < -0.39 is 17.6 Å². The first-order valence-corrected chi connectivity index (χ1v) is 11.1. The first-order valence-electron chi connectivity index (χ1n) is 10.3. The summed E-state index contributed by atoms with van der Waals surface area (Å²) in [6.45, 7) is 4.43. The lowest BCUT2D eigenvalue weighted by Gasteiger charge is -2.09. The molecule has 2 heterocycles. The van der Waals surface area contributed by atoms with Gasteiger partial charge in [0.1, 0.15) is 21.8 Å². The molecule has 0 fully saturated rings. The predicted octanol–water partition coefficient (Wildman–Crippen LogP) is 3.61. The lowest BCUT2D eigenvalue weighted by atomic mass is 10.2. The number of amides is 2. The van der Waals surface area contributed by atoms with Gasteiger partial charge in [0.25, 0.3) is 0 Å². The molecule has 9 nitrogen and oxygen atoms in total. The highest BCUT2D eigenvalue weighted by Gasteiger charge is 2.22. The molecule has 0 aliphatic rings. The molecule has 0 aliphatic heterocycles. The third kappa shape index (κ3) is 5.92. The highest BCUT2D eigenvalue weighted by atomic mass is 32.1. The van der Waals surface area contributed by atoms with Crippen molar-refractivity contribution in [1.82, 2.24) is 10.3 Å². The van der Waals surface area contributed by atoms with Gasteiger partial charge in [0.15, 0.2) is 0 Å². The third-order valence-electron chi connectivity index (χ3n) is 4.73. The molecule has 0 aliphatic carbocycles. The van der Waals surface area contributed by atoms with Crippen molar-refractivity contribution in [1.29, 1.82) is 0 Å². The molecule has 2 aromatic heterocycles. The van der Waals surface area contributed by atoms with Gasteiger partial charge in [-0.1, -0.05) is 55.0 Å². The topological polar surface area (TPSA) is 137 Å². The number of nitrogens with zero attached hydrogens (tertiary/aromatic N) is 1. The van der Waals surface area contributed by atoms with Gasteiger partial charge in [-0.15, -0.1) is 0 Å². The Morgan fingerprint density at radius 1 is 1.28 bits per heavy atom. The average Bonchev–Trinajstić information content (AvgIpc) is 3.08. The number of rotatable bonds is 9. The number of aromatic nitrogens is 1. The number of hydrogen-bond acceptors (Lipinski definition) is 8. The Morgan fingerprint density at radius 2 is 2.03 bits per heavy atom. The Hall–Kier alpha value is -3.24. The summed E-state index contributed by atoms with van der Waals surface area (Å²) < 4.78 is 10.5. The van der Waals surface area contributed by atoms with Crippen LogP contribution >= 0.6 is 11.3 Å². The fourth-order valence-electron chi connectivity index (χ4n) is 2.95. The van der Waals surface area contributed by atoms with Crippen LogP contribution in [-0.4, -0.2) is 23.5 Å². The zero-order valence-electron chi connectivity index (χ0n) is 18.0. The van der Waals surface area contributed by atoms with Gasteiger partial charge in [0, 0.05) is 12.1 Å². The highest BCUT2D eigenvalue weighted by molar-refractivity contribution is 7.22. The normalized spacial score (nSPS) is 11.8. The number of thiophene rings is 1. The van der Waals surface area contributed by atoms with Crippen molar-refractivity contribution in [3.8, 4) is 0 Å². The number of carbonyl (C=O) groups is 2. The zero-order valence-corrected chi connectivity index (χ0v) is 18.8. The summed E-state index contributed by atoms with van der Waals surface area (Å²) in [6.07, 6.45) is 1.65. The molecule has 1 aromatic carbocycles. The molecule has 0 saturated heterocycles. The van der Waals surface area contributed by atoms with Crippen LogP contribution in [0.15, 0.2) is 39.5 Å². The second-order valence-corrected chi connectivity index (χ2v) is 8.27. The van der Waals surface area contributed by atoms with Crippen molar-refractivity contribution in [3.05, 3.63) is 57.8 Å². The van der Waals surface area contributed by atoms with Crippen LogP contribution in [-0.2, 0) is 16.1 Å². The standard InChI is InChI=1S/C22H26N4O5S/c1-3-4-10-24-22(29)26-19-13(2)17-20(32-19)25-18(31-21(17)28)15(23)11-16(27)30-12-14-8-6-5-7-9-14/h5-9,15H,3-4,10-12,23H2,1-2H3,(H2,24,26,29). The number of fused-ring (bicyclic) bond motifs is 1. The third-order valence-corrected chi connectivity index (χ3v) is 5.83. The number of urea groups is 1. The van der Waals surface area contributed by atoms with Crippen molar-refractivity contribution in [3.63, 3.8) is 0 Å². The van der Waals surface area contributed by atoms with Crippen LogP contribution in [0.4, 0.5) is 9.80 Å². The van der Waals surface area contributed by atoms with E-state index in [2.05, 4.69) is 15.6 Å². The van der Waals surface area contributed by atoms with Gasteiger partial charge in [-0.05, 0) is 18.9 Å². The fourth-order valence-corrected chi connectivity index (χ4v) is 4.02. The molecule has 1 unspecified atom stereocenters. The minimum Gasteiger partial charge on any atom is -0.461 e. The summed E-state index contributed by atoms with van der Waals surface area (Å²) in [4.78, 5) is 41.4. The van der Waals surface area contributed by atoms with Crippen LogP contribution < -0.4 is 22.0 Å². The number of hydrogen-bond donors (Lipinski definition) is 3. The molecule has 10 heteroatoms. The molecular formula is C22H26N4O5S. The molecule has 2 amide bonds. The molecule has 0 saturated carbocycles. The summed E-state index contributed by atoms with van der Waals surface area (Å²) in [5.74, 6) is -0.585. The quantitative estimate of drug-likeness (QED) is 0.329. The Morgan fingerprint density at radius 3 is 2.75 bits per heavy atom. The number of unbranched alkanes of at least 4 members (excludes halogenated alkanes) is 1. The summed E-state index contributed by atoms with van der Waals surface area (Å²) in [6, 6.07) is 7.97. The van der Waals surface area contributed by atoms with E-state index in [9.17, 15) is 14.4 Å². The van der Waals surface area contributed by atoms with E-state index >= 15 is 0 Å². The van der Waals surface area contributed by atoms with Crippen LogP contribution in [0.2, 0.25) is 0 Å². The largest absolute Gasteiger partial charge is 0.461 e. The number of carbonyl (C=O) groups excluding carboxylic acids is 2. The van der Waals surface area contributed by atoms with Crippen molar-refractivity contribution < 1.29 is 18.7 Å².